The molecule has 7 nitrogen and oxygen atoms in total. The molecule has 7 heteroatoms. The summed E-state index contributed by atoms with van der Waals surface area (Å²) < 4.78 is 15.9. The summed E-state index contributed by atoms with van der Waals surface area (Å²) in [6, 6.07) is 9.08. The SMILES string of the molecule is Cc1cc(NC(=O)c2noc3c2COc2ccccc2-3)no1. The smallest absolute Gasteiger partial charge is 0.279 e. The van der Waals surface area contributed by atoms with Gasteiger partial charge in [-0.1, -0.05) is 22.4 Å². The van der Waals surface area contributed by atoms with Crippen LogP contribution in [-0.2, 0) is 6.61 Å². The highest BCUT2D eigenvalue weighted by Gasteiger charge is 2.28. The molecule has 0 radical (unpaired) electrons. The number of aromatic nitrogens is 2. The van der Waals surface area contributed by atoms with E-state index in [1.54, 1.807) is 13.0 Å². The molecule has 3 aromatic rings. The minimum atomic E-state index is -0.415. The fraction of sp³-hybridized carbons (Fsp3) is 0.133. The highest BCUT2D eigenvalue weighted by molar-refractivity contribution is 6.04. The number of nitrogens with one attached hydrogen (secondary N) is 1. The number of amides is 1. The Labute approximate surface area is 124 Å². The van der Waals surface area contributed by atoms with Gasteiger partial charge >= 0.3 is 0 Å². The Morgan fingerprint density at radius 2 is 2.09 bits per heavy atom. The number of para-hydroxylation sites is 1. The van der Waals surface area contributed by atoms with Crippen LogP contribution >= 0.6 is 0 Å². The summed E-state index contributed by atoms with van der Waals surface area (Å²) in [4.78, 5) is 12.3. The number of fused-ring (bicyclic) bond motifs is 3. The van der Waals surface area contributed by atoms with Gasteiger partial charge in [0.25, 0.3) is 5.91 Å². The van der Waals surface area contributed by atoms with Crippen LogP contribution in [0, 0.1) is 6.92 Å². The first kappa shape index (κ1) is 12.6. The van der Waals surface area contributed by atoms with Crippen LogP contribution in [0.15, 0.2) is 39.4 Å². The van der Waals surface area contributed by atoms with Crippen LogP contribution < -0.4 is 10.1 Å². The normalized spacial score (nSPS) is 12.2. The number of carbonyl (C=O) groups is 1. The molecule has 0 fully saturated rings. The van der Waals surface area contributed by atoms with Crippen molar-refractivity contribution in [3.8, 4) is 17.1 Å². The molecule has 0 atom stereocenters. The molecule has 1 aliphatic heterocycles. The first-order valence-corrected chi connectivity index (χ1v) is 6.68. The predicted molar refractivity (Wildman–Crippen MR) is 75.5 cm³/mol. The zero-order valence-electron chi connectivity index (χ0n) is 11.6. The molecule has 0 saturated heterocycles. The third kappa shape index (κ3) is 1.95. The Morgan fingerprint density at radius 1 is 1.23 bits per heavy atom. The van der Waals surface area contributed by atoms with Gasteiger partial charge in [0.05, 0.1) is 11.1 Å². The number of nitrogens with zero attached hydrogens (tertiary/aromatic N) is 2. The van der Waals surface area contributed by atoms with E-state index in [4.69, 9.17) is 13.8 Å². The second kappa shape index (κ2) is 4.73. The van der Waals surface area contributed by atoms with E-state index in [0.717, 1.165) is 5.56 Å². The number of benzene rings is 1. The highest BCUT2D eigenvalue weighted by atomic mass is 16.5. The zero-order chi connectivity index (χ0) is 15.1. The Kier molecular flexibility index (Phi) is 2.72. The summed E-state index contributed by atoms with van der Waals surface area (Å²) in [5.41, 5.74) is 1.59. The van der Waals surface area contributed by atoms with Crippen LogP contribution in [0.25, 0.3) is 11.3 Å². The molecule has 3 heterocycles. The largest absolute Gasteiger partial charge is 0.488 e. The number of hydrogen-bond acceptors (Lipinski definition) is 6. The lowest BCUT2D eigenvalue weighted by Gasteiger charge is -2.15. The van der Waals surface area contributed by atoms with Gasteiger partial charge in [0.15, 0.2) is 17.3 Å². The van der Waals surface area contributed by atoms with Crippen LogP contribution in [0.5, 0.6) is 5.75 Å². The van der Waals surface area contributed by atoms with E-state index in [-0.39, 0.29) is 12.3 Å². The van der Waals surface area contributed by atoms with Crippen molar-refractivity contribution in [1.82, 2.24) is 10.3 Å². The molecular weight excluding hydrogens is 286 g/mol. The lowest BCUT2D eigenvalue weighted by Crippen LogP contribution is -2.16. The van der Waals surface area contributed by atoms with E-state index in [9.17, 15) is 4.79 Å². The molecule has 1 amide bonds. The molecule has 0 aliphatic carbocycles. The minimum absolute atomic E-state index is 0.185. The van der Waals surface area contributed by atoms with Gasteiger partial charge in [-0.2, -0.15) is 0 Å². The maximum absolute atomic E-state index is 12.3. The van der Waals surface area contributed by atoms with Crippen molar-refractivity contribution in [3.05, 3.63) is 47.3 Å². The first-order valence-electron chi connectivity index (χ1n) is 6.68. The van der Waals surface area contributed by atoms with Crippen molar-refractivity contribution >= 4 is 11.7 Å². The van der Waals surface area contributed by atoms with Gasteiger partial charge in [-0.05, 0) is 19.1 Å². The van der Waals surface area contributed by atoms with Gasteiger partial charge in [-0.15, -0.1) is 0 Å². The quantitative estimate of drug-likeness (QED) is 0.782. The fourth-order valence-electron chi connectivity index (χ4n) is 2.36. The lowest BCUT2D eigenvalue weighted by molar-refractivity contribution is 0.101. The Morgan fingerprint density at radius 3 is 2.91 bits per heavy atom. The number of ether oxygens (including phenoxy) is 1. The summed E-state index contributed by atoms with van der Waals surface area (Å²) in [6.07, 6.45) is 0. The number of anilines is 1. The molecule has 1 aromatic carbocycles. The highest BCUT2D eigenvalue weighted by Crippen LogP contribution is 2.38. The topological polar surface area (TPSA) is 90.4 Å². The van der Waals surface area contributed by atoms with E-state index in [0.29, 0.717) is 28.7 Å². The number of hydrogen-bond donors (Lipinski definition) is 1. The summed E-state index contributed by atoms with van der Waals surface area (Å²) in [5, 5.41) is 10.2. The summed E-state index contributed by atoms with van der Waals surface area (Å²) in [6.45, 7) is 1.97. The van der Waals surface area contributed by atoms with Gasteiger partial charge < -0.3 is 19.1 Å². The van der Waals surface area contributed by atoms with Crippen LogP contribution in [0.2, 0.25) is 0 Å². The number of aryl methyl sites for hydroxylation is 1. The minimum Gasteiger partial charge on any atom is -0.488 e. The third-order valence-corrected chi connectivity index (χ3v) is 3.38. The number of carbonyl (C=O) groups excluding carboxylic acids is 1. The Hall–Kier alpha value is -3.09. The maximum atomic E-state index is 12.3. The Balaban J connectivity index is 1.68. The average Bonchev–Trinajstić information content (AvgIpc) is 3.13. The molecule has 0 unspecified atom stereocenters. The fourth-order valence-corrected chi connectivity index (χ4v) is 2.36. The summed E-state index contributed by atoms with van der Waals surface area (Å²) >= 11 is 0. The number of rotatable bonds is 2. The van der Waals surface area contributed by atoms with Crippen molar-refractivity contribution in [2.45, 2.75) is 13.5 Å². The molecule has 1 aliphatic rings. The van der Waals surface area contributed by atoms with Crippen molar-refractivity contribution in [2.75, 3.05) is 5.32 Å². The first-order chi connectivity index (χ1) is 10.7. The second-order valence-corrected chi connectivity index (χ2v) is 4.90. The van der Waals surface area contributed by atoms with Gasteiger partial charge in [-0.25, -0.2) is 0 Å². The zero-order valence-corrected chi connectivity index (χ0v) is 11.6. The van der Waals surface area contributed by atoms with Gasteiger partial charge in [0.1, 0.15) is 18.1 Å². The molecule has 1 N–H and O–H groups in total. The molecular formula is C15H11N3O4. The van der Waals surface area contributed by atoms with Crippen molar-refractivity contribution in [3.63, 3.8) is 0 Å². The van der Waals surface area contributed by atoms with E-state index in [1.807, 2.05) is 24.3 Å². The van der Waals surface area contributed by atoms with Crippen molar-refractivity contribution < 1.29 is 18.6 Å². The van der Waals surface area contributed by atoms with Crippen LogP contribution in [0.3, 0.4) is 0 Å². The average molecular weight is 297 g/mol. The van der Waals surface area contributed by atoms with Crippen LogP contribution in [0.4, 0.5) is 5.82 Å². The second-order valence-electron chi connectivity index (χ2n) is 4.90. The summed E-state index contributed by atoms with van der Waals surface area (Å²) in [7, 11) is 0. The lowest BCUT2D eigenvalue weighted by atomic mass is 10.0. The van der Waals surface area contributed by atoms with E-state index in [1.165, 1.54) is 0 Å². The standard InChI is InChI=1S/C15H11N3O4/c1-8-6-12(17-21-8)16-15(19)13-10-7-20-11-5-3-2-4-9(11)14(10)22-18-13/h2-6H,7H2,1H3,(H,16,17,19). The van der Waals surface area contributed by atoms with E-state index < -0.39 is 5.91 Å². The summed E-state index contributed by atoms with van der Waals surface area (Å²) in [5.74, 6) is 1.79. The molecule has 2 aromatic heterocycles. The monoisotopic (exact) mass is 297 g/mol. The van der Waals surface area contributed by atoms with E-state index in [2.05, 4.69) is 15.6 Å². The maximum Gasteiger partial charge on any atom is 0.279 e. The van der Waals surface area contributed by atoms with Crippen molar-refractivity contribution in [1.29, 1.82) is 0 Å². The van der Waals surface area contributed by atoms with Crippen LogP contribution in [-0.4, -0.2) is 16.2 Å². The molecule has 4 rings (SSSR count). The van der Waals surface area contributed by atoms with E-state index >= 15 is 0 Å². The molecule has 0 spiro atoms. The molecule has 22 heavy (non-hydrogen) atoms. The van der Waals surface area contributed by atoms with Gasteiger partial charge in [-0.3, -0.25) is 4.79 Å². The van der Waals surface area contributed by atoms with Crippen LogP contribution in [0.1, 0.15) is 21.8 Å². The third-order valence-electron chi connectivity index (χ3n) is 3.38. The van der Waals surface area contributed by atoms with Gasteiger partial charge in [0.2, 0.25) is 0 Å². The van der Waals surface area contributed by atoms with Crippen molar-refractivity contribution in [2.24, 2.45) is 0 Å². The predicted octanol–water partition coefficient (Wildman–Crippen LogP) is 2.78. The molecule has 0 bridgehead atoms. The molecule has 110 valence electrons. The van der Waals surface area contributed by atoms with Gasteiger partial charge in [0, 0.05) is 6.07 Å². The Bertz CT molecular complexity index is 865. The molecule has 0 saturated carbocycles.